The van der Waals surface area contributed by atoms with E-state index >= 15 is 0 Å². The molecule has 0 saturated heterocycles. The number of aromatic nitrogens is 2. The van der Waals surface area contributed by atoms with E-state index in [9.17, 15) is 4.79 Å². The molecule has 0 bridgehead atoms. The molecule has 22 heavy (non-hydrogen) atoms. The highest BCUT2D eigenvalue weighted by Crippen LogP contribution is 2.37. The van der Waals surface area contributed by atoms with Crippen molar-refractivity contribution in [1.29, 1.82) is 0 Å². The second-order valence-electron chi connectivity index (χ2n) is 5.88. The minimum Gasteiger partial charge on any atom is -0.444 e. The first-order chi connectivity index (χ1) is 10.5. The molecular weight excluding hydrogens is 298 g/mol. The molecule has 0 unspecified atom stereocenters. The second-order valence-corrected chi connectivity index (χ2v) is 6.91. The van der Waals surface area contributed by atoms with Gasteiger partial charge in [-0.1, -0.05) is 12.8 Å². The number of carbonyl (C=O) groups excluding carboxylic acids is 1. The fourth-order valence-corrected chi connectivity index (χ4v) is 3.98. The van der Waals surface area contributed by atoms with E-state index in [0.717, 1.165) is 22.2 Å². The molecule has 0 atom stereocenters. The first-order valence-corrected chi connectivity index (χ1v) is 8.54. The van der Waals surface area contributed by atoms with Crippen LogP contribution in [0.1, 0.15) is 69.3 Å². The van der Waals surface area contributed by atoms with E-state index in [1.54, 1.807) is 0 Å². The largest absolute Gasteiger partial charge is 0.444 e. The Morgan fingerprint density at radius 1 is 1.23 bits per heavy atom. The van der Waals surface area contributed by atoms with Crippen molar-refractivity contribution in [2.75, 3.05) is 0 Å². The van der Waals surface area contributed by atoms with Crippen molar-refractivity contribution in [3.8, 4) is 0 Å². The summed E-state index contributed by atoms with van der Waals surface area (Å²) in [5.41, 5.74) is 1.69. The van der Waals surface area contributed by atoms with Crippen LogP contribution < -0.4 is 5.32 Å². The summed E-state index contributed by atoms with van der Waals surface area (Å²) in [6.07, 6.45) is 4.94. The number of aryl methyl sites for hydroxylation is 3. The van der Waals surface area contributed by atoms with Crippen LogP contribution >= 0.6 is 11.3 Å². The average Bonchev–Trinajstić information content (AvgIpc) is 3.18. The molecule has 0 radical (unpaired) electrons. The van der Waals surface area contributed by atoms with E-state index < -0.39 is 0 Å². The standard InChI is InChI=1S/C16H21N3O2S/c1-9-11(3)21-13(18-9)8-17-15(20)14-10(2)19-16(22-14)12-6-4-5-7-12/h12H,4-8H2,1-3H3,(H,17,20). The first-order valence-electron chi connectivity index (χ1n) is 7.73. The van der Waals surface area contributed by atoms with Crippen LogP contribution in [0.2, 0.25) is 0 Å². The number of hydrogen-bond donors (Lipinski definition) is 1. The van der Waals surface area contributed by atoms with Gasteiger partial charge in [-0.05, 0) is 33.6 Å². The molecule has 118 valence electrons. The van der Waals surface area contributed by atoms with Crippen molar-refractivity contribution < 1.29 is 9.21 Å². The molecule has 1 saturated carbocycles. The number of thiazole rings is 1. The number of amides is 1. The zero-order chi connectivity index (χ0) is 15.7. The molecule has 1 aliphatic carbocycles. The van der Waals surface area contributed by atoms with Crippen LogP contribution in [0.25, 0.3) is 0 Å². The Balaban J connectivity index is 1.66. The Labute approximate surface area is 134 Å². The van der Waals surface area contributed by atoms with Gasteiger partial charge in [0, 0.05) is 5.92 Å². The molecule has 1 aliphatic rings. The van der Waals surface area contributed by atoms with Gasteiger partial charge in [0.25, 0.3) is 5.91 Å². The predicted octanol–water partition coefficient (Wildman–Crippen LogP) is 3.64. The molecular formula is C16H21N3O2S. The molecule has 0 aromatic carbocycles. The summed E-state index contributed by atoms with van der Waals surface area (Å²) in [6, 6.07) is 0. The number of hydrogen-bond acceptors (Lipinski definition) is 5. The van der Waals surface area contributed by atoms with Gasteiger partial charge >= 0.3 is 0 Å². The molecule has 3 rings (SSSR count). The smallest absolute Gasteiger partial charge is 0.263 e. The number of rotatable bonds is 4. The summed E-state index contributed by atoms with van der Waals surface area (Å²) >= 11 is 1.53. The zero-order valence-electron chi connectivity index (χ0n) is 13.2. The van der Waals surface area contributed by atoms with Crippen LogP contribution in [-0.4, -0.2) is 15.9 Å². The number of nitrogens with one attached hydrogen (secondary N) is 1. The van der Waals surface area contributed by atoms with Gasteiger partial charge in [-0.25, -0.2) is 9.97 Å². The summed E-state index contributed by atoms with van der Waals surface area (Å²) in [5, 5.41) is 3.99. The van der Waals surface area contributed by atoms with Crippen LogP contribution in [0, 0.1) is 20.8 Å². The zero-order valence-corrected chi connectivity index (χ0v) is 14.0. The lowest BCUT2D eigenvalue weighted by Gasteiger charge is -2.02. The summed E-state index contributed by atoms with van der Waals surface area (Å²) in [7, 11) is 0. The quantitative estimate of drug-likeness (QED) is 0.934. The Morgan fingerprint density at radius 3 is 2.59 bits per heavy atom. The third kappa shape index (κ3) is 3.06. The molecule has 0 spiro atoms. The van der Waals surface area contributed by atoms with Crippen molar-refractivity contribution in [1.82, 2.24) is 15.3 Å². The SMILES string of the molecule is Cc1nc(CNC(=O)c2sc(C3CCCC3)nc2C)oc1C. The minimum absolute atomic E-state index is 0.0900. The Kier molecular flexibility index (Phi) is 4.29. The van der Waals surface area contributed by atoms with Crippen LogP contribution in [0.15, 0.2) is 4.42 Å². The van der Waals surface area contributed by atoms with Gasteiger partial charge in [-0.15, -0.1) is 11.3 Å². The van der Waals surface area contributed by atoms with Crippen molar-refractivity contribution in [2.45, 2.75) is 58.9 Å². The second kappa shape index (κ2) is 6.20. The molecule has 2 heterocycles. The van der Waals surface area contributed by atoms with Crippen molar-refractivity contribution in [2.24, 2.45) is 0 Å². The highest BCUT2D eigenvalue weighted by Gasteiger charge is 2.23. The van der Waals surface area contributed by atoms with Crippen LogP contribution in [0.4, 0.5) is 0 Å². The normalized spacial score (nSPS) is 15.4. The van der Waals surface area contributed by atoms with E-state index in [1.807, 2.05) is 20.8 Å². The van der Waals surface area contributed by atoms with Crippen molar-refractivity contribution in [3.05, 3.63) is 32.9 Å². The van der Waals surface area contributed by atoms with Crippen LogP contribution in [0.5, 0.6) is 0 Å². The maximum Gasteiger partial charge on any atom is 0.263 e. The maximum absolute atomic E-state index is 12.3. The maximum atomic E-state index is 12.3. The van der Waals surface area contributed by atoms with Crippen molar-refractivity contribution in [3.63, 3.8) is 0 Å². The van der Waals surface area contributed by atoms with E-state index in [-0.39, 0.29) is 5.91 Å². The third-order valence-corrected chi connectivity index (χ3v) is 5.52. The Bertz CT molecular complexity index is 664. The molecule has 5 nitrogen and oxygen atoms in total. The monoisotopic (exact) mass is 319 g/mol. The first kappa shape index (κ1) is 15.2. The van der Waals surface area contributed by atoms with E-state index in [0.29, 0.717) is 23.2 Å². The minimum atomic E-state index is -0.0900. The van der Waals surface area contributed by atoms with Gasteiger partial charge < -0.3 is 9.73 Å². The van der Waals surface area contributed by atoms with E-state index in [2.05, 4.69) is 15.3 Å². The number of carbonyl (C=O) groups is 1. The van der Waals surface area contributed by atoms with Crippen molar-refractivity contribution >= 4 is 17.2 Å². The summed E-state index contributed by atoms with van der Waals surface area (Å²) < 4.78 is 5.48. The predicted molar refractivity (Wildman–Crippen MR) is 85.2 cm³/mol. The number of oxazole rings is 1. The van der Waals surface area contributed by atoms with Crippen LogP contribution in [0.3, 0.4) is 0 Å². The summed E-state index contributed by atoms with van der Waals surface area (Å²) in [5.74, 6) is 1.79. The van der Waals surface area contributed by atoms with E-state index in [4.69, 9.17) is 4.42 Å². The fraction of sp³-hybridized carbons (Fsp3) is 0.562. The highest BCUT2D eigenvalue weighted by atomic mass is 32.1. The summed E-state index contributed by atoms with van der Waals surface area (Å²) in [4.78, 5) is 21.9. The molecule has 1 amide bonds. The molecule has 6 heteroatoms. The molecule has 2 aromatic heterocycles. The summed E-state index contributed by atoms with van der Waals surface area (Å²) in [6.45, 7) is 5.98. The lowest BCUT2D eigenvalue weighted by molar-refractivity contribution is 0.0950. The third-order valence-electron chi connectivity index (χ3n) is 4.20. The fourth-order valence-electron chi connectivity index (χ4n) is 2.83. The lowest BCUT2D eigenvalue weighted by Crippen LogP contribution is -2.22. The van der Waals surface area contributed by atoms with Gasteiger partial charge in [-0.3, -0.25) is 4.79 Å². The van der Waals surface area contributed by atoms with Gasteiger partial charge in [0.2, 0.25) is 5.89 Å². The van der Waals surface area contributed by atoms with Gasteiger partial charge in [0.05, 0.1) is 22.9 Å². The molecule has 1 N–H and O–H groups in total. The topological polar surface area (TPSA) is 68.0 Å². The van der Waals surface area contributed by atoms with Gasteiger partial charge in [-0.2, -0.15) is 0 Å². The molecule has 1 fully saturated rings. The Morgan fingerprint density at radius 2 is 1.95 bits per heavy atom. The lowest BCUT2D eigenvalue weighted by atomic mass is 10.1. The Hall–Kier alpha value is -1.69. The van der Waals surface area contributed by atoms with Gasteiger partial charge in [0.1, 0.15) is 10.6 Å². The molecule has 0 aliphatic heterocycles. The highest BCUT2D eigenvalue weighted by molar-refractivity contribution is 7.13. The van der Waals surface area contributed by atoms with Gasteiger partial charge in [0.15, 0.2) is 0 Å². The number of nitrogens with zero attached hydrogens (tertiary/aromatic N) is 2. The average molecular weight is 319 g/mol. The molecule has 2 aromatic rings. The van der Waals surface area contributed by atoms with E-state index in [1.165, 1.54) is 37.0 Å². The van der Waals surface area contributed by atoms with Crippen LogP contribution in [-0.2, 0) is 6.54 Å².